The molecule has 2 aromatic rings. The van der Waals surface area contributed by atoms with Crippen LogP contribution >= 0.6 is 0 Å². The number of ether oxygens (including phenoxy) is 1. The standard InChI is InChI=1S/C20H22N4O3/c25-19(15-27-18-7-2-1-3-8-18)22-10-11-24-17(13-22)14-23(20(24)26)12-16-6-4-5-9-21-16/h1-9,17H,10-15H2/t17-/m1/s1. The maximum atomic E-state index is 12.6. The van der Waals surface area contributed by atoms with Crippen LogP contribution in [0.25, 0.3) is 0 Å². The first kappa shape index (κ1) is 17.3. The fourth-order valence-corrected chi connectivity index (χ4v) is 3.58. The Morgan fingerprint density at radius 1 is 1.07 bits per heavy atom. The van der Waals surface area contributed by atoms with Crippen LogP contribution in [0.5, 0.6) is 5.75 Å². The molecule has 0 spiro atoms. The van der Waals surface area contributed by atoms with E-state index in [2.05, 4.69) is 4.98 Å². The highest BCUT2D eigenvalue weighted by molar-refractivity contribution is 5.80. The summed E-state index contributed by atoms with van der Waals surface area (Å²) in [7, 11) is 0. The normalized spacial score (nSPS) is 19.2. The number of piperazine rings is 1. The van der Waals surface area contributed by atoms with Crippen molar-refractivity contribution in [3.63, 3.8) is 0 Å². The van der Waals surface area contributed by atoms with Gasteiger partial charge in [-0.1, -0.05) is 24.3 Å². The summed E-state index contributed by atoms with van der Waals surface area (Å²) in [6.45, 7) is 2.76. The van der Waals surface area contributed by atoms with Gasteiger partial charge in [0, 0.05) is 32.4 Å². The SMILES string of the molecule is O=C(COc1ccccc1)N1CCN2C(=O)N(Cc3ccccn3)C[C@H]2C1. The molecule has 0 radical (unpaired) electrons. The highest BCUT2D eigenvalue weighted by atomic mass is 16.5. The average molecular weight is 366 g/mol. The summed E-state index contributed by atoms with van der Waals surface area (Å²) >= 11 is 0. The van der Waals surface area contributed by atoms with E-state index in [1.807, 2.05) is 53.4 Å². The lowest BCUT2D eigenvalue weighted by molar-refractivity contribution is -0.135. The second-order valence-corrected chi connectivity index (χ2v) is 6.77. The molecule has 27 heavy (non-hydrogen) atoms. The highest BCUT2D eigenvalue weighted by Crippen LogP contribution is 2.22. The molecular formula is C20H22N4O3. The number of carbonyl (C=O) groups excluding carboxylic acids is 2. The van der Waals surface area contributed by atoms with Gasteiger partial charge in [-0.05, 0) is 24.3 Å². The minimum Gasteiger partial charge on any atom is -0.484 e. The van der Waals surface area contributed by atoms with E-state index in [4.69, 9.17) is 4.74 Å². The maximum absolute atomic E-state index is 12.6. The zero-order valence-electron chi connectivity index (χ0n) is 15.0. The van der Waals surface area contributed by atoms with E-state index in [1.54, 1.807) is 16.0 Å². The van der Waals surface area contributed by atoms with Crippen molar-refractivity contribution in [2.24, 2.45) is 0 Å². The molecule has 0 unspecified atom stereocenters. The smallest absolute Gasteiger partial charge is 0.320 e. The van der Waals surface area contributed by atoms with Crippen LogP contribution in [0.4, 0.5) is 4.79 Å². The Hall–Kier alpha value is -3.09. The first-order valence-corrected chi connectivity index (χ1v) is 9.12. The summed E-state index contributed by atoms with van der Waals surface area (Å²) in [4.78, 5) is 34.9. The lowest BCUT2D eigenvalue weighted by atomic mass is 10.2. The quantitative estimate of drug-likeness (QED) is 0.806. The van der Waals surface area contributed by atoms with Gasteiger partial charge in [0.15, 0.2) is 6.61 Å². The van der Waals surface area contributed by atoms with Gasteiger partial charge in [0.25, 0.3) is 5.91 Å². The van der Waals surface area contributed by atoms with E-state index in [-0.39, 0.29) is 24.6 Å². The lowest BCUT2D eigenvalue weighted by Crippen LogP contribution is -2.54. The number of rotatable bonds is 5. The molecule has 0 aliphatic carbocycles. The van der Waals surface area contributed by atoms with Crippen molar-refractivity contribution in [2.45, 2.75) is 12.6 Å². The molecule has 2 saturated heterocycles. The number of aromatic nitrogens is 1. The van der Waals surface area contributed by atoms with E-state index < -0.39 is 0 Å². The van der Waals surface area contributed by atoms with Gasteiger partial charge in [-0.25, -0.2) is 4.79 Å². The monoisotopic (exact) mass is 366 g/mol. The molecule has 1 aromatic heterocycles. The lowest BCUT2D eigenvalue weighted by Gasteiger charge is -2.36. The third kappa shape index (κ3) is 3.86. The second-order valence-electron chi connectivity index (χ2n) is 6.77. The van der Waals surface area contributed by atoms with Crippen molar-refractivity contribution < 1.29 is 14.3 Å². The van der Waals surface area contributed by atoms with Gasteiger partial charge < -0.3 is 19.4 Å². The molecule has 3 heterocycles. The Morgan fingerprint density at radius 2 is 1.89 bits per heavy atom. The van der Waals surface area contributed by atoms with Crippen LogP contribution in [0.3, 0.4) is 0 Å². The molecule has 4 rings (SSSR count). The molecule has 0 bridgehead atoms. The highest BCUT2D eigenvalue weighted by Gasteiger charge is 2.41. The van der Waals surface area contributed by atoms with Gasteiger partial charge in [0.2, 0.25) is 0 Å². The molecular weight excluding hydrogens is 344 g/mol. The predicted octanol–water partition coefficient (Wildman–Crippen LogP) is 1.61. The summed E-state index contributed by atoms with van der Waals surface area (Å²) in [6, 6.07) is 15.1. The van der Waals surface area contributed by atoms with Crippen LogP contribution < -0.4 is 4.74 Å². The molecule has 7 heteroatoms. The van der Waals surface area contributed by atoms with Gasteiger partial charge >= 0.3 is 6.03 Å². The average Bonchev–Trinajstić information content (AvgIpc) is 3.02. The number of para-hydroxylation sites is 1. The van der Waals surface area contributed by atoms with Crippen molar-refractivity contribution in [3.8, 4) is 5.75 Å². The Balaban J connectivity index is 1.33. The minimum absolute atomic E-state index is 0.0162. The fraction of sp³-hybridized carbons (Fsp3) is 0.350. The topological polar surface area (TPSA) is 66.0 Å². The van der Waals surface area contributed by atoms with Crippen LogP contribution in [0.2, 0.25) is 0 Å². The summed E-state index contributed by atoms with van der Waals surface area (Å²) in [6.07, 6.45) is 1.73. The number of hydrogen-bond acceptors (Lipinski definition) is 4. The van der Waals surface area contributed by atoms with Crippen molar-refractivity contribution in [1.82, 2.24) is 19.7 Å². The second kappa shape index (κ2) is 7.65. The van der Waals surface area contributed by atoms with Gasteiger partial charge in [-0.2, -0.15) is 0 Å². The molecule has 0 N–H and O–H groups in total. The number of urea groups is 1. The van der Waals surface area contributed by atoms with E-state index in [0.29, 0.717) is 38.5 Å². The number of pyridine rings is 1. The van der Waals surface area contributed by atoms with Crippen molar-refractivity contribution in [3.05, 3.63) is 60.4 Å². The first-order valence-electron chi connectivity index (χ1n) is 9.12. The Morgan fingerprint density at radius 3 is 2.67 bits per heavy atom. The van der Waals surface area contributed by atoms with Crippen LogP contribution in [-0.4, -0.2) is 70.4 Å². The van der Waals surface area contributed by atoms with Gasteiger partial charge in [0.05, 0.1) is 18.3 Å². The largest absolute Gasteiger partial charge is 0.484 e. The van der Waals surface area contributed by atoms with Crippen molar-refractivity contribution in [1.29, 1.82) is 0 Å². The van der Waals surface area contributed by atoms with Crippen LogP contribution in [-0.2, 0) is 11.3 Å². The molecule has 0 saturated carbocycles. The number of carbonyl (C=O) groups is 2. The Bertz CT molecular complexity index is 799. The number of amides is 3. The van der Waals surface area contributed by atoms with E-state index in [1.165, 1.54) is 0 Å². The van der Waals surface area contributed by atoms with Gasteiger partial charge in [-0.3, -0.25) is 9.78 Å². The predicted molar refractivity (Wildman–Crippen MR) is 99.1 cm³/mol. The first-order chi connectivity index (χ1) is 13.2. The zero-order valence-corrected chi connectivity index (χ0v) is 15.0. The maximum Gasteiger partial charge on any atom is 0.320 e. The summed E-state index contributed by atoms with van der Waals surface area (Å²) in [5.41, 5.74) is 0.870. The van der Waals surface area contributed by atoms with E-state index in [0.717, 1.165) is 5.69 Å². The molecule has 1 aromatic carbocycles. The van der Waals surface area contributed by atoms with Crippen LogP contribution in [0.1, 0.15) is 5.69 Å². The molecule has 7 nitrogen and oxygen atoms in total. The fourth-order valence-electron chi connectivity index (χ4n) is 3.58. The third-order valence-corrected chi connectivity index (χ3v) is 4.97. The molecule has 1 atom stereocenters. The minimum atomic E-state index is -0.0471. The molecule has 2 aliphatic rings. The Kier molecular flexibility index (Phi) is 4.91. The van der Waals surface area contributed by atoms with Gasteiger partial charge in [0.1, 0.15) is 5.75 Å². The summed E-state index contributed by atoms with van der Waals surface area (Å²) < 4.78 is 5.56. The number of nitrogens with zero attached hydrogens (tertiary/aromatic N) is 4. The summed E-state index contributed by atoms with van der Waals surface area (Å²) in [5, 5.41) is 0. The van der Waals surface area contributed by atoms with Crippen molar-refractivity contribution >= 4 is 11.9 Å². The zero-order chi connectivity index (χ0) is 18.6. The van der Waals surface area contributed by atoms with Crippen LogP contribution in [0, 0.1) is 0 Å². The van der Waals surface area contributed by atoms with Crippen LogP contribution in [0.15, 0.2) is 54.7 Å². The van der Waals surface area contributed by atoms with Gasteiger partial charge in [-0.15, -0.1) is 0 Å². The molecule has 2 fully saturated rings. The Labute approximate surface area is 158 Å². The summed E-state index contributed by atoms with van der Waals surface area (Å²) in [5.74, 6) is 0.635. The number of fused-ring (bicyclic) bond motifs is 1. The number of benzene rings is 1. The van der Waals surface area contributed by atoms with E-state index in [9.17, 15) is 9.59 Å². The van der Waals surface area contributed by atoms with Crippen molar-refractivity contribution in [2.75, 3.05) is 32.8 Å². The third-order valence-electron chi connectivity index (χ3n) is 4.97. The molecule has 3 amide bonds. The molecule has 140 valence electrons. The number of hydrogen-bond donors (Lipinski definition) is 0. The molecule has 2 aliphatic heterocycles. The van der Waals surface area contributed by atoms with E-state index >= 15 is 0 Å².